The highest BCUT2D eigenvalue weighted by Gasteiger charge is 2.20. The number of aryl methyl sites for hydroxylation is 1. The number of nitrogens with zero attached hydrogens (tertiary/aromatic N) is 2. The van der Waals surface area contributed by atoms with Crippen LogP contribution < -0.4 is 10.5 Å². The first kappa shape index (κ1) is 22.2. The summed E-state index contributed by atoms with van der Waals surface area (Å²) in [6.07, 6.45) is 5.00. The fourth-order valence-corrected chi connectivity index (χ4v) is 4.71. The Morgan fingerprint density at radius 2 is 1.88 bits per heavy atom. The monoisotopic (exact) mass is 463 g/mol. The van der Waals surface area contributed by atoms with E-state index < -0.39 is 11.6 Å². The molecule has 0 bridgehead atoms. The summed E-state index contributed by atoms with van der Waals surface area (Å²) < 4.78 is 19.7. The van der Waals surface area contributed by atoms with Crippen LogP contribution in [-0.4, -0.2) is 53.7 Å². The van der Waals surface area contributed by atoms with Gasteiger partial charge < -0.3 is 19.4 Å². The van der Waals surface area contributed by atoms with Gasteiger partial charge in [-0.15, -0.1) is 0 Å². The van der Waals surface area contributed by atoms with Crippen molar-refractivity contribution < 1.29 is 18.7 Å². The van der Waals surface area contributed by atoms with E-state index in [1.165, 1.54) is 17.7 Å². The number of fused-ring (bicyclic) bond motifs is 2. The molecule has 8 heteroatoms. The van der Waals surface area contributed by atoms with Crippen molar-refractivity contribution in [2.45, 2.75) is 19.3 Å². The lowest BCUT2D eigenvalue weighted by atomic mass is 10.1. The number of benzene rings is 2. The SMILES string of the molecule is O=C(O)c1ccc2c(CCCCN3CCN(c4cc5ccc(=O)oc5cc4F)CC3)c[nH]c2c1. The molecule has 1 fully saturated rings. The summed E-state index contributed by atoms with van der Waals surface area (Å²) >= 11 is 0. The molecule has 1 aliphatic rings. The maximum Gasteiger partial charge on any atom is 0.336 e. The molecule has 0 unspecified atom stereocenters. The van der Waals surface area contributed by atoms with Crippen molar-refractivity contribution in [1.82, 2.24) is 9.88 Å². The number of halogens is 1. The molecular weight excluding hydrogens is 437 g/mol. The Hall–Kier alpha value is -3.65. The molecule has 3 heterocycles. The quantitative estimate of drug-likeness (QED) is 0.315. The fraction of sp³-hybridized carbons (Fsp3) is 0.308. The first-order valence-electron chi connectivity index (χ1n) is 11.5. The van der Waals surface area contributed by atoms with Crippen LogP contribution in [0, 0.1) is 5.82 Å². The van der Waals surface area contributed by atoms with Gasteiger partial charge in [-0.05, 0) is 55.6 Å². The average Bonchev–Trinajstić information content (AvgIpc) is 3.24. The van der Waals surface area contributed by atoms with E-state index >= 15 is 0 Å². The molecule has 5 rings (SSSR count). The number of hydrogen-bond acceptors (Lipinski definition) is 5. The van der Waals surface area contributed by atoms with Crippen LogP contribution in [0.1, 0.15) is 28.8 Å². The molecule has 0 amide bonds. The third-order valence-electron chi connectivity index (χ3n) is 6.59. The molecule has 7 nitrogen and oxygen atoms in total. The van der Waals surface area contributed by atoms with E-state index in [0.717, 1.165) is 68.3 Å². The molecule has 0 atom stereocenters. The van der Waals surface area contributed by atoms with E-state index in [-0.39, 0.29) is 17.0 Å². The number of aromatic nitrogens is 1. The van der Waals surface area contributed by atoms with Gasteiger partial charge in [-0.3, -0.25) is 4.90 Å². The number of nitrogens with one attached hydrogen (secondary N) is 1. The topological polar surface area (TPSA) is 89.8 Å². The van der Waals surface area contributed by atoms with Gasteiger partial charge in [-0.1, -0.05) is 6.07 Å². The number of aromatic carboxylic acids is 1. The van der Waals surface area contributed by atoms with Crippen LogP contribution in [0.5, 0.6) is 0 Å². The van der Waals surface area contributed by atoms with E-state index in [1.807, 2.05) is 17.2 Å². The molecule has 1 saturated heterocycles. The van der Waals surface area contributed by atoms with Gasteiger partial charge in [0.05, 0.1) is 11.3 Å². The standard InChI is InChI=1S/C26H26FN3O4/c27-21-15-24-17(5-7-25(31)34-24)14-23(21)30-11-9-29(10-12-30)8-2-1-3-19-16-28-22-13-18(26(32)33)4-6-20(19)22/h4-7,13-16,28H,1-3,8-12H2,(H,32,33). The van der Waals surface area contributed by atoms with Crippen molar-refractivity contribution in [3.05, 3.63) is 76.0 Å². The Bertz CT molecular complexity index is 1400. The molecule has 1 aliphatic heterocycles. The zero-order valence-corrected chi connectivity index (χ0v) is 18.7. The Morgan fingerprint density at radius 1 is 1.06 bits per heavy atom. The largest absolute Gasteiger partial charge is 0.478 e. The summed E-state index contributed by atoms with van der Waals surface area (Å²) in [6.45, 7) is 4.21. The Labute approximate surface area is 195 Å². The first-order chi connectivity index (χ1) is 16.5. The maximum absolute atomic E-state index is 14.6. The van der Waals surface area contributed by atoms with Crippen molar-refractivity contribution in [1.29, 1.82) is 0 Å². The van der Waals surface area contributed by atoms with Crippen LogP contribution in [0.15, 0.2) is 57.9 Å². The van der Waals surface area contributed by atoms with Gasteiger partial charge in [0.1, 0.15) is 11.4 Å². The lowest BCUT2D eigenvalue weighted by Gasteiger charge is -2.36. The number of piperazine rings is 1. The smallest absolute Gasteiger partial charge is 0.336 e. The molecule has 2 N–H and O–H groups in total. The van der Waals surface area contributed by atoms with Crippen molar-refractivity contribution in [3.8, 4) is 0 Å². The number of unbranched alkanes of at least 4 members (excludes halogenated alkanes) is 1. The predicted molar refractivity (Wildman–Crippen MR) is 129 cm³/mol. The zero-order chi connectivity index (χ0) is 23.7. The number of H-pyrrole nitrogens is 1. The van der Waals surface area contributed by atoms with Gasteiger partial charge in [-0.25, -0.2) is 14.0 Å². The van der Waals surface area contributed by atoms with Gasteiger partial charge >= 0.3 is 11.6 Å². The summed E-state index contributed by atoms with van der Waals surface area (Å²) in [5, 5.41) is 10.9. The molecular formula is C26H26FN3O4. The maximum atomic E-state index is 14.6. The second-order valence-corrected chi connectivity index (χ2v) is 8.76. The van der Waals surface area contributed by atoms with E-state index in [9.17, 15) is 14.0 Å². The molecule has 4 aromatic rings. The van der Waals surface area contributed by atoms with Gasteiger partial charge in [0, 0.05) is 60.8 Å². The van der Waals surface area contributed by atoms with E-state index in [4.69, 9.17) is 9.52 Å². The number of aromatic amines is 1. The van der Waals surface area contributed by atoms with Crippen molar-refractivity contribution in [2.75, 3.05) is 37.6 Å². The third-order valence-corrected chi connectivity index (χ3v) is 6.59. The minimum Gasteiger partial charge on any atom is -0.478 e. The molecule has 0 saturated carbocycles. The minimum atomic E-state index is -0.921. The summed E-state index contributed by atoms with van der Waals surface area (Å²) in [5.41, 5.74) is 2.69. The molecule has 0 radical (unpaired) electrons. The van der Waals surface area contributed by atoms with E-state index in [2.05, 4.69) is 9.88 Å². The minimum absolute atomic E-state index is 0.268. The summed E-state index contributed by atoms with van der Waals surface area (Å²) in [6, 6.07) is 11.3. The molecule has 0 aliphatic carbocycles. The fourth-order valence-electron chi connectivity index (χ4n) is 4.71. The highest BCUT2D eigenvalue weighted by molar-refractivity contribution is 5.94. The Kier molecular flexibility index (Phi) is 6.06. The number of hydrogen-bond donors (Lipinski definition) is 2. The Balaban J connectivity index is 1.12. The molecule has 176 valence electrons. The second kappa shape index (κ2) is 9.30. The van der Waals surface area contributed by atoms with E-state index in [1.54, 1.807) is 24.3 Å². The molecule has 2 aromatic heterocycles. The lowest BCUT2D eigenvalue weighted by Crippen LogP contribution is -2.46. The highest BCUT2D eigenvalue weighted by atomic mass is 19.1. The van der Waals surface area contributed by atoms with E-state index in [0.29, 0.717) is 5.69 Å². The van der Waals surface area contributed by atoms with Crippen LogP contribution in [0.2, 0.25) is 0 Å². The van der Waals surface area contributed by atoms with Crippen LogP contribution >= 0.6 is 0 Å². The lowest BCUT2D eigenvalue weighted by molar-refractivity contribution is 0.0697. The average molecular weight is 464 g/mol. The van der Waals surface area contributed by atoms with Crippen LogP contribution in [0.25, 0.3) is 21.9 Å². The van der Waals surface area contributed by atoms with Gasteiger partial charge in [0.2, 0.25) is 0 Å². The molecule has 34 heavy (non-hydrogen) atoms. The number of carboxylic acids is 1. The zero-order valence-electron chi connectivity index (χ0n) is 18.7. The van der Waals surface area contributed by atoms with Gasteiger partial charge in [0.15, 0.2) is 0 Å². The normalized spacial score (nSPS) is 14.8. The van der Waals surface area contributed by atoms with Crippen molar-refractivity contribution in [3.63, 3.8) is 0 Å². The van der Waals surface area contributed by atoms with Gasteiger partial charge in [0.25, 0.3) is 0 Å². The first-order valence-corrected chi connectivity index (χ1v) is 11.5. The number of anilines is 1. The van der Waals surface area contributed by atoms with Crippen molar-refractivity contribution in [2.24, 2.45) is 0 Å². The number of carbonyl (C=O) groups is 1. The summed E-state index contributed by atoms with van der Waals surface area (Å²) in [7, 11) is 0. The van der Waals surface area contributed by atoms with Gasteiger partial charge in [-0.2, -0.15) is 0 Å². The highest BCUT2D eigenvalue weighted by Crippen LogP contribution is 2.26. The van der Waals surface area contributed by atoms with Crippen LogP contribution in [0.3, 0.4) is 0 Å². The summed E-state index contributed by atoms with van der Waals surface area (Å²) in [4.78, 5) is 30.1. The second-order valence-electron chi connectivity index (χ2n) is 8.76. The molecule has 2 aromatic carbocycles. The Morgan fingerprint density at radius 3 is 2.68 bits per heavy atom. The van der Waals surface area contributed by atoms with Crippen LogP contribution in [0.4, 0.5) is 10.1 Å². The predicted octanol–water partition coefficient (Wildman–Crippen LogP) is 4.26. The number of rotatable bonds is 7. The molecule has 0 spiro atoms. The summed E-state index contributed by atoms with van der Waals surface area (Å²) in [5.74, 6) is -1.29. The van der Waals surface area contributed by atoms with Crippen LogP contribution in [-0.2, 0) is 6.42 Å². The number of carboxylic acid groups (broad SMARTS) is 1. The van der Waals surface area contributed by atoms with Crippen molar-refractivity contribution >= 4 is 33.5 Å². The third kappa shape index (κ3) is 4.54.